The maximum absolute atomic E-state index is 13.4. The molecule has 1 unspecified atom stereocenters. The van der Waals surface area contributed by atoms with E-state index in [2.05, 4.69) is 10.3 Å². The van der Waals surface area contributed by atoms with Crippen LogP contribution in [0.4, 0.5) is 9.52 Å². The number of halogens is 1. The van der Waals surface area contributed by atoms with E-state index in [9.17, 15) is 27.5 Å². The first kappa shape index (κ1) is 27.2. The SMILES string of the molecule is O=C(O)c1nc(NC(=O)C(OC2CCOCC2)c2ccc(S(=O)(=O)C3CC3)cc2)sc1Oc1ccc(F)cc1. The monoisotopic (exact) mass is 576 g/mol. The van der Waals surface area contributed by atoms with E-state index in [0.717, 1.165) is 11.3 Å². The Morgan fingerprint density at radius 2 is 1.72 bits per heavy atom. The van der Waals surface area contributed by atoms with Crippen LogP contribution in [0, 0.1) is 5.82 Å². The van der Waals surface area contributed by atoms with Gasteiger partial charge in [0.15, 0.2) is 21.1 Å². The second-order valence-electron chi connectivity index (χ2n) is 9.15. The molecule has 39 heavy (non-hydrogen) atoms. The third-order valence-corrected chi connectivity index (χ3v) is 9.39. The summed E-state index contributed by atoms with van der Waals surface area (Å²) in [6.45, 7) is 0.965. The van der Waals surface area contributed by atoms with Crippen LogP contribution in [0.1, 0.15) is 47.8 Å². The number of anilines is 1. The van der Waals surface area contributed by atoms with Crippen LogP contribution >= 0.6 is 11.3 Å². The molecule has 1 saturated heterocycles. The van der Waals surface area contributed by atoms with Crippen LogP contribution in [-0.2, 0) is 24.1 Å². The quantitative estimate of drug-likeness (QED) is 0.355. The minimum atomic E-state index is -3.40. The van der Waals surface area contributed by atoms with E-state index in [1.165, 1.54) is 36.4 Å². The largest absolute Gasteiger partial charge is 0.476 e. The van der Waals surface area contributed by atoms with Gasteiger partial charge in [-0.3, -0.25) is 10.1 Å². The number of hydrogen-bond donors (Lipinski definition) is 2. The van der Waals surface area contributed by atoms with Gasteiger partial charge in [0.2, 0.25) is 10.8 Å². The summed E-state index contributed by atoms with van der Waals surface area (Å²) in [5.41, 5.74) is 0.0164. The Morgan fingerprint density at radius 1 is 1.05 bits per heavy atom. The van der Waals surface area contributed by atoms with Gasteiger partial charge in [-0.05, 0) is 67.6 Å². The third-order valence-electron chi connectivity index (χ3n) is 6.26. The number of sulfone groups is 1. The first-order valence-electron chi connectivity index (χ1n) is 12.3. The summed E-state index contributed by atoms with van der Waals surface area (Å²) in [7, 11) is -3.40. The van der Waals surface area contributed by atoms with Crippen molar-refractivity contribution in [2.24, 2.45) is 0 Å². The van der Waals surface area contributed by atoms with Gasteiger partial charge in [0.25, 0.3) is 5.91 Å². The Kier molecular flexibility index (Phi) is 7.93. The van der Waals surface area contributed by atoms with Crippen molar-refractivity contribution in [2.75, 3.05) is 18.5 Å². The van der Waals surface area contributed by atoms with E-state index in [1.807, 2.05) is 0 Å². The average Bonchev–Trinajstić information content (AvgIpc) is 3.72. The zero-order valence-electron chi connectivity index (χ0n) is 20.5. The van der Waals surface area contributed by atoms with Crippen molar-refractivity contribution < 1.29 is 41.7 Å². The van der Waals surface area contributed by atoms with Gasteiger partial charge in [-0.1, -0.05) is 23.5 Å². The number of ether oxygens (including phenoxy) is 3. The number of rotatable bonds is 10. The number of amides is 1. The second-order valence-corrected chi connectivity index (χ2v) is 12.3. The van der Waals surface area contributed by atoms with Crippen molar-refractivity contribution in [3.63, 3.8) is 0 Å². The van der Waals surface area contributed by atoms with Gasteiger partial charge < -0.3 is 19.3 Å². The summed E-state index contributed by atoms with van der Waals surface area (Å²) in [5, 5.41) is 11.7. The fourth-order valence-electron chi connectivity index (χ4n) is 4.04. The molecule has 1 aliphatic heterocycles. The van der Waals surface area contributed by atoms with E-state index in [4.69, 9.17) is 14.2 Å². The molecule has 1 atom stereocenters. The molecule has 2 aromatic carbocycles. The van der Waals surface area contributed by atoms with Crippen molar-refractivity contribution >= 4 is 38.2 Å². The van der Waals surface area contributed by atoms with Crippen molar-refractivity contribution in [1.82, 2.24) is 4.98 Å². The number of nitrogens with one attached hydrogen (secondary N) is 1. The molecule has 1 aliphatic carbocycles. The summed E-state index contributed by atoms with van der Waals surface area (Å²) in [5.74, 6) is -2.26. The van der Waals surface area contributed by atoms with E-state index in [1.54, 1.807) is 12.1 Å². The molecule has 10 nitrogen and oxygen atoms in total. The minimum absolute atomic E-state index is 0.0389. The van der Waals surface area contributed by atoms with Crippen LogP contribution in [0.15, 0.2) is 53.4 Å². The summed E-state index contributed by atoms with van der Waals surface area (Å²) < 4.78 is 55.5. The lowest BCUT2D eigenvalue weighted by Gasteiger charge is -2.27. The Labute approximate surface area is 227 Å². The Bertz CT molecular complexity index is 1450. The van der Waals surface area contributed by atoms with Crippen LogP contribution in [0.25, 0.3) is 0 Å². The van der Waals surface area contributed by atoms with Crippen LogP contribution in [0.3, 0.4) is 0 Å². The van der Waals surface area contributed by atoms with E-state index >= 15 is 0 Å². The second kappa shape index (κ2) is 11.4. The van der Waals surface area contributed by atoms with E-state index < -0.39 is 39.3 Å². The predicted molar refractivity (Wildman–Crippen MR) is 138 cm³/mol. The van der Waals surface area contributed by atoms with Gasteiger partial charge in [0, 0.05) is 13.2 Å². The maximum Gasteiger partial charge on any atom is 0.359 e. The lowest BCUT2D eigenvalue weighted by molar-refractivity contribution is -0.136. The average molecular weight is 577 g/mol. The Balaban J connectivity index is 1.38. The molecule has 2 N–H and O–H groups in total. The highest BCUT2D eigenvalue weighted by atomic mass is 32.2. The molecular formula is C26H25FN2O8S2. The van der Waals surface area contributed by atoms with Gasteiger partial charge in [-0.25, -0.2) is 22.6 Å². The molecule has 2 fully saturated rings. The van der Waals surface area contributed by atoms with Gasteiger partial charge in [0.05, 0.1) is 16.2 Å². The van der Waals surface area contributed by atoms with Crippen molar-refractivity contribution in [2.45, 2.75) is 48.0 Å². The van der Waals surface area contributed by atoms with Crippen LogP contribution in [-0.4, -0.2) is 55.0 Å². The van der Waals surface area contributed by atoms with Gasteiger partial charge in [-0.2, -0.15) is 0 Å². The normalized spacial score (nSPS) is 16.9. The molecule has 5 rings (SSSR count). The highest BCUT2D eigenvalue weighted by Crippen LogP contribution is 2.37. The maximum atomic E-state index is 13.4. The number of carbonyl (C=O) groups is 2. The van der Waals surface area contributed by atoms with E-state index in [-0.39, 0.29) is 32.2 Å². The lowest BCUT2D eigenvalue weighted by atomic mass is 10.1. The summed E-state index contributed by atoms with van der Waals surface area (Å²) >= 11 is 0.795. The fraction of sp³-hybridized carbons (Fsp3) is 0.346. The number of thiazole rings is 1. The van der Waals surface area contributed by atoms with Gasteiger partial charge in [0.1, 0.15) is 11.6 Å². The number of nitrogens with zero attached hydrogens (tertiary/aromatic N) is 1. The van der Waals surface area contributed by atoms with Gasteiger partial charge in [-0.15, -0.1) is 0 Å². The Hall–Kier alpha value is -3.39. The molecule has 3 aromatic rings. The first-order valence-corrected chi connectivity index (χ1v) is 14.6. The first-order chi connectivity index (χ1) is 18.7. The molecule has 0 spiro atoms. The number of aromatic carboxylic acids is 1. The third kappa shape index (κ3) is 6.44. The molecule has 0 bridgehead atoms. The van der Waals surface area contributed by atoms with Crippen molar-refractivity contribution in [3.05, 3.63) is 65.6 Å². The summed E-state index contributed by atoms with van der Waals surface area (Å²) in [6.07, 6.45) is 1.04. The van der Waals surface area contributed by atoms with Crippen LogP contribution in [0.5, 0.6) is 10.8 Å². The van der Waals surface area contributed by atoms with Crippen molar-refractivity contribution in [1.29, 1.82) is 0 Å². The Morgan fingerprint density at radius 3 is 2.33 bits per heavy atom. The van der Waals surface area contributed by atoms with Crippen molar-refractivity contribution in [3.8, 4) is 10.8 Å². The molecule has 1 saturated carbocycles. The number of hydrogen-bond acceptors (Lipinski definition) is 9. The number of carbonyl (C=O) groups excluding carboxylic acids is 1. The van der Waals surface area contributed by atoms with E-state index in [0.29, 0.717) is 44.5 Å². The molecule has 2 aliphatic rings. The number of carboxylic acids is 1. The number of carboxylic acid groups (broad SMARTS) is 1. The highest BCUT2D eigenvalue weighted by Gasteiger charge is 2.37. The van der Waals surface area contributed by atoms with Gasteiger partial charge >= 0.3 is 5.97 Å². The predicted octanol–water partition coefficient (Wildman–Crippen LogP) is 4.58. The topological polar surface area (TPSA) is 141 Å². The molecule has 1 amide bonds. The standard InChI is InChI=1S/C26H25FN2O8S2/c27-16-3-5-17(6-4-16)37-25-21(24(31)32)28-26(38-25)29-23(30)22(36-18-11-13-35-14-12-18)15-1-7-19(8-2-15)39(33,34)20-9-10-20/h1-8,18,20,22H,9-14H2,(H,31,32)(H,28,29,30). The summed E-state index contributed by atoms with van der Waals surface area (Å²) in [4.78, 5) is 29.4. The molecule has 1 aromatic heterocycles. The number of benzene rings is 2. The minimum Gasteiger partial charge on any atom is -0.476 e. The van der Waals surface area contributed by atoms with Crippen LogP contribution in [0.2, 0.25) is 0 Å². The molecule has 206 valence electrons. The fourth-order valence-corrected chi connectivity index (χ4v) is 6.53. The zero-order chi connectivity index (χ0) is 27.6. The lowest BCUT2D eigenvalue weighted by Crippen LogP contribution is -2.31. The molecule has 0 radical (unpaired) electrons. The molecule has 13 heteroatoms. The molecule has 2 heterocycles. The highest BCUT2D eigenvalue weighted by molar-refractivity contribution is 7.92. The molecular weight excluding hydrogens is 551 g/mol. The number of aromatic nitrogens is 1. The zero-order valence-corrected chi connectivity index (χ0v) is 22.2. The smallest absolute Gasteiger partial charge is 0.359 e. The summed E-state index contributed by atoms with van der Waals surface area (Å²) in [6, 6.07) is 11.0. The van der Waals surface area contributed by atoms with Crippen LogP contribution < -0.4 is 10.1 Å².